The zero-order valence-corrected chi connectivity index (χ0v) is 9.84. The standard InChI is InChI=1S/C12H24O2/c1-11(2)14-10-8-6-4-5-7-9-12(3)13/h11H,4-10H2,1-3H3. The molecule has 0 aliphatic carbocycles. The van der Waals surface area contributed by atoms with Crippen LogP contribution < -0.4 is 0 Å². The summed E-state index contributed by atoms with van der Waals surface area (Å²) in [6.45, 7) is 6.67. The maximum absolute atomic E-state index is 10.6. The lowest BCUT2D eigenvalue weighted by molar-refractivity contribution is -0.117. The number of hydrogen-bond acceptors (Lipinski definition) is 2. The molecule has 0 aromatic heterocycles. The first-order chi connectivity index (χ1) is 6.63. The third-order valence-corrected chi connectivity index (χ3v) is 2.12. The highest BCUT2D eigenvalue weighted by Gasteiger charge is 1.95. The summed E-state index contributed by atoms with van der Waals surface area (Å²) in [5.41, 5.74) is 0. The first-order valence-corrected chi connectivity index (χ1v) is 5.74. The molecule has 2 nitrogen and oxygen atoms in total. The van der Waals surface area contributed by atoms with E-state index in [4.69, 9.17) is 4.74 Å². The quantitative estimate of drug-likeness (QED) is 0.534. The average molecular weight is 200 g/mol. The van der Waals surface area contributed by atoms with E-state index in [0.29, 0.717) is 11.9 Å². The number of unbranched alkanes of at least 4 members (excludes halogenated alkanes) is 4. The summed E-state index contributed by atoms with van der Waals surface area (Å²) in [4.78, 5) is 10.6. The van der Waals surface area contributed by atoms with E-state index in [1.165, 1.54) is 19.3 Å². The van der Waals surface area contributed by atoms with E-state index in [-0.39, 0.29) is 0 Å². The van der Waals surface area contributed by atoms with Crippen molar-refractivity contribution >= 4 is 5.78 Å². The van der Waals surface area contributed by atoms with Crippen molar-refractivity contribution in [3.8, 4) is 0 Å². The van der Waals surface area contributed by atoms with Gasteiger partial charge in [0.15, 0.2) is 0 Å². The molecule has 2 heteroatoms. The maximum Gasteiger partial charge on any atom is 0.129 e. The molecule has 0 unspecified atom stereocenters. The van der Waals surface area contributed by atoms with Crippen molar-refractivity contribution in [1.29, 1.82) is 0 Å². The minimum absolute atomic E-state index is 0.313. The lowest BCUT2D eigenvalue weighted by Gasteiger charge is -2.06. The zero-order chi connectivity index (χ0) is 10.8. The van der Waals surface area contributed by atoms with Crippen molar-refractivity contribution in [3.05, 3.63) is 0 Å². The molecule has 0 aliphatic heterocycles. The molecule has 0 aromatic rings. The lowest BCUT2D eigenvalue weighted by Crippen LogP contribution is -2.03. The summed E-state index contributed by atoms with van der Waals surface area (Å²) in [6, 6.07) is 0. The molecule has 0 rings (SSSR count). The number of rotatable bonds is 9. The second-order valence-corrected chi connectivity index (χ2v) is 4.14. The summed E-state index contributed by atoms with van der Waals surface area (Å²) < 4.78 is 5.43. The molecular weight excluding hydrogens is 176 g/mol. The topological polar surface area (TPSA) is 26.3 Å². The molecule has 0 saturated heterocycles. The van der Waals surface area contributed by atoms with Crippen LogP contribution in [0.15, 0.2) is 0 Å². The van der Waals surface area contributed by atoms with Gasteiger partial charge in [0.25, 0.3) is 0 Å². The van der Waals surface area contributed by atoms with E-state index in [2.05, 4.69) is 13.8 Å². The summed E-state index contributed by atoms with van der Waals surface area (Å²) in [6.07, 6.45) is 6.95. The van der Waals surface area contributed by atoms with Gasteiger partial charge in [-0.05, 0) is 33.6 Å². The predicted molar refractivity (Wildman–Crippen MR) is 59.5 cm³/mol. The summed E-state index contributed by atoms with van der Waals surface area (Å²) in [5, 5.41) is 0. The monoisotopic (exact) mass is 200 g/mol. The van der Waals surface area contributed by atoms with Gasteiger partial charge in [0.2, 0.25) is 0 Å². The van der Waals surface area contributed by atoms with Crippen LogP contribution in [0.2, 0.25) is 0 Å². The minimum atomic E-state index is 0.313. The van der Waals surface area contributed by atoms with Crippen LogP contribution in [-0.4, -0.2) is 18.5 Å². The Morgan fingerprint density at radius 1 is 1.07 bits per heavy atom. The van der Waals surface area contributed by atoms with Crippen molar-refractivity contribution in [2.75, 3.05) is 6.61 Å². The second kappa shape index (κ2) is 9.20. The van der Waals surface area contributed by atoms with Gasteiger partial charge in [-0.3, -0.25) is 0 Å². The largest absolute Gasteiger partial charge is 0.379 e. The molecule has 0 fully saturated rings. The van der Waals surface area contributed by atoms with Gasteiger partial charge in [-0.1, -0.05) is 19.3 Å². The zero-order valence-electron chi connectivity index (χ0n) is 9.84. The van der Waals surface area contributed by atoms with Crippen LogP contribution in [0, 0.1) is 0 Å². The Labute approximate surface area is 88.0 Å². The van der Waals surface area contributed by atoms with E-state index in [0.717, 1.165) is 25.9 Å². The Bertz CT molecular complexity index is 141. The van der Waals surface area contributed by atoms with Crippen LogP contribution in [0.1, 0.15) is 59.3 Å². The molecule has 0 radical (unpaired) electrons. The third kappa shape index (κ3) is 11.6. The highest BCUT2D eigenvalue weighted by molar-refractivity contribution is 5.75. The Balaban J connectivity index is 2.96. The van der Waals surface area contributed by atoms with E-state index in [9.17, 15) is 4.79 Å². The first kappa shape index (κ1) is 13.6. The van der Waals surface area contributed by atoms with E-state index < -0.39 is 0 Å². The van der Waals surface area contributed by atoms with Crippen molar-refractivity contribution in [2.24, 2.45) is 0 Å². The molecule has 0 heterocycles. The fourth-order valence-electron chi connectivity index (χ4n) is 1.33. The number of ketones is 1. The van der Waals surface area contributed by atoms with Gasteiger partial charge in [0, 0.05) is 13.0 Å². The molecule has 0 aromatic carbocycles. The molecule has 0 aliphatic rings. The molecule has 14 heavy (non-hydrogen) atoms. The van der Waals surface area contributed by atoms with Crippen LogP contribution in [0.4, 0.5) is 0 Å². The van der Waals surface area contributed by atoms with E-state index >= 15 is 0 Å². The van der Waals surface area contributed by atoms with Gasteiger partial charge in [-0.25, -0.2) is 0 Å². The molecule has 0 bridgehead atoms. The van der Waals surface area contributed by atoms with Gasteiger partial charge < -0.3 is 9.53 Å². The molecule has 0 amide bonds. The molecule has 84 valence electrons. The van der Waals surface area contributed by atoms with Gasteiger partial charge in [0.05, 0.1) is 6.10 Å². The van der Waals surface area contributed by atoms with Crippen molar-refractivity contribution < 1.29 is 9.53 Å². The smallest absolute Gasteiger partial charge is 0.129 e. The Morgan fingerprint density at radius 3 is 2.21 bits per heavy atom. The van der Waals surface area contributed by atoms with Gasteiger partial charge in [-0.15, -0.1) is 0 Å². The predicted octanol–water partition coefficient (Wildman–Crippen LogP) is 3.34. The Hall–Kier alpha value is -0.370. The highest BCUT2D eigenvalue weighted by Crippen LogP contribution is 2.06. The van der Waals surface area contributed by atoms with Crippen LogP contribution in [-0.2, 0) is 9.53 Å². The molecule has 0 spiro atoms. The lowest BCUT2D eigenvalue weighted by atomic mass is 10.1. The normalized spacial score (nSPS) is 10.9. The van der Waals surface area contributed by atoms with Crippen LogP contribution in [0.25, 0.3) is 0 Å². The molecule has 0 saturated carbocycles. The van der Waals surface area contributed by atoms with Crippen molar-refractivity contribution in [2.45, 2.75) is 65.4 Å². The molecule has 0 atom stereocenters. The van der Waals surface area contributed by atoms with Gasteiger partial charge in [-0.2, -0.15) is 0 Å². The Morgan fingerprint density at radius 2 is 1.64 bits per heavy atom. The molecular formula is C12H24O2. The number of hydrogen-bond donors (Lipinski definition) is 0. The van der Waals surface area contributed by atoms with Gasteiger partial charge >= 0.3 is 0 Å². The van der Waals surface area contributed by atoms with Crippen LogP contribution >= 0.6 is 0 Å². The Kier molecular flexibility index (Phi) is 8.95. The molecule has 0 N–H and O–H groups in total. The SMILES string of the molecule is CC(=O)CCCCCCCOC(C)C. The number of ether oxygens (including phenoxy) is 1. The minimum Gasteiger partial charge on any atom is -0.379 e. The second-order valence-electron chi connectivity index (χ2n) is 4.14. The maximum atomic E-state index is 10.6. The third-order valence-electron chi connectivity index (χ3n) is 2.12. The fourth-order valence-corrected chi connectivity index (χ4v) is 1.33. The number of carbonyl (C=O) groups is 1. The number of carbonyl (C=O) groups excluding carboxylic acids is 1. The van der Waals surface area contributed by atoms with E-state index in [1.807, 2.05) is 0 Å². The van der Waals surface area contributed by atoms with E-state index in [1.54, 1.807) is 6.92 Å². The summed E-state index contributed by atoms with van der Waals surface area (Å²) >= 11 is 0. The number of Topliss-reactive ketones (excluding diaryl/α,β-unsaturated/α-hetero) is 1. The average Bonchev–Trinajstić information content (AvgIpc) is 2.08. The van der Waals surface area contributed by atoms with Crippen LogP contribution in [0.5, 0.6) is 0 Å². The van der Waals surface area contributed by atoms with Gasteiger partial charge in [0.1, 0.15) is 5.78 Å². The fraction of sp³-hybridized carbons (Fsp3) is 0.917. The summed E-state index contributed by atoms with van der Waals surface area (Å²) in [5.74, 6) is 0.313. The van der Waals surface area contributed by atoms with Crippen molar-refractivity contribution in [3.63, 3.8) is 0 Å². The van der Waals surface area contributed by atoms with Crippen molar-refractivity contribution in [1.82, 2.24) is 0 Å². The summed E-state index contributed by atoms with van der Waals surface area (Å²) in [7, 11) is 0. The van der Waals surface area contributed by atoms with Crippen LogP contribution in [0.3, 0.4) is 0 Å². The highest BCUT2D eigenvalue weighted by atomic mass is 16.5. The first-order valence-electron chi connectivity index (χ1n) is 5.74.